The molecule has 0 unspecified atom stereocenters. The lowest BCUT2D eigenvalue weighted by Crippen LogP contribution is -1.89. The molecule has 0 aliphatic carbocycles. The van der Waals surface area contributed by atoms with Gasteiger partial charge in [-0.3, -0.25) is 10.1 Å². The molecular formula is C18H11FN4O3. The zero-order chi connectivity index (χ0) is 18.1. The van der Waals surface area contributed by atoms with Gasteiger partial charge >= 0.3 is 0 Å². The molecular weight excluding hydrogens is 339 g/mol. The van der Waals surface area contributed by atoms with E-state index in [0.717, 1.165) is 0 Å². The SMILES string of the molecule is O=[N+]([O-])c1ccc(Oc2cnc3nc(-c4ccccc4F)[nH]c3c2)cc1. The van der Waals surface area contributed by atoms with Gasteiger partial charge in [-0.1, -0.05) is 12.1 Å². The zero-order valence-corrected chi connectivity index (χ0v) is 13.2. The number of aromatic amines is 1. The van der Waals surface area contributed by atoms with Crippen molar-refractivity contribution in [3.8, 4) is 22.9 Å². The molecule has 4 rings (SSSR count). The average Bonchev–Trinajstić information content (AvgIpc) is 3.05. The minimum Gasteiger partial charge on any atom is -0.456 e. The molecule has 2 aromatic carbocycles. The van der Waals surface area contributed by atoms with Gasteiger partial charge in [0.2, 0.25) is 0 Å². The maximum atomic E-state index is 13.9. The summed E-state index contributed by atoms with van der Waals surface area (Å²) in [6.07, 6.45) is 1.48. The van der Waals surface area contributed by atoms with Gasteiger partial charge in [-0.2, -0.15) is 0 Å². The molecule has 0 radical (unpaired) electrons. The van der Waals surface area contributed by atoms with Crippen LogP contribution in [0.4, 0.5) is 10.1 Å². The number of nitrogens with zero attached hydrogens (tertiary/aromatic N) is 3. The van der Waals surface area contributed by atoms with Crippen LogP contribution in [0.3, 0.4) is 0 Å². The fourth-order valence-corrected chi connectivity index (χ4v) is 2.49. The smallest absolute Gasteiger partial charge is 0.269 e. The van der Waals surface area contributed by atoms with Crippen molar-refractivity contribution in [2.75, 3.05) is 0 Å². The van der Waals surface area contributed by atoms with Gasteiger partial charge in [0, 0.05) is 18.2 Å². The Morgan fingerprint density at radius 2 is 1.85 bits per heavy atom. The van der Waals surface area contributed by atoms with Crippen LogP contribution in [0.15, 0.2) is 60.8 Å². The Kier molecular flexibility index (Phi) is 3.77. The third kappa shape index (κ3) is 2.95. The number of benzene rings is 2. The summed E-state index contributed by atoms with van der Waals surface area (Å²) in [5.74, 6) is 0.854. The van der Waals surface area contributed by atoms with E-state index in [4.69, 9.17) is 4.74 Å². The molecule has 8 heteroatoms. The Morgan fingerprint density at radius 3 is 2.58 bits per heavy atom. The van der Waals surface area contributed by atoms with Crippen molar-refractivity contribution < 1.29 is 14.1 Å². The Hall–Kier alpha value is -3.81. The molecule has 0 saturated carbocycles. The third-order valence-corrected chi connectivity index (χ3v) is 3.72. The van der Waals surface area contributed by atoms with Crippen molar-refractivity contribution in [1.82, 2.24) is 15.0 Å². The van der Waals surface area contributed by atoms with Gasteiger partial charge in [-0.15, -0.1) is 0 Å². The molecule has 0 spiro atoms. The van der Waals surface area contributed by atoms with Gasteiger partial charge in [-0.25, -0.2) is 14.4 Å². The van der Waals surface area contributed by atoms with Crippen LogP contribution in [0.2, 0.25) is 0 Å². The molecule has 0 saturated heterocycles. The van der Waals surface area contributed by atoms with Crippen molar-refractivity contribution in [3.05, 3.63) is 76.7 Å². The van der Waals surface area contributed by atoms with E-state index in [9.17, 15) is 14.5 Å². The van der Waals surface area contributed by atoms with Crippen molar-refractivity contribution in [2.24, 2.45) is 0 Å². The Balaban J connectivity index is 1.63. The number of rotatable bonds is 4. The Morgan fingerprint density at radius 1 is 1.08 bits per heavy atom. The van der Waals surface area contributed by atoms with E-state index in [0.29, 0.717) is 34.1 Å². The molecule has 1 N–H and O–H groups in total. The lowest BCUT2D eigenvalue weighted by Gasteiger charge is -2.04. The summed E-state index contributed by atoms with van der Waals surface area (Å²) < 4.78 is 19.6. The predicted molar refractivity (Wildman–Crippen MR) is 92.5 cm³/mol. The molecule has 0 aliphatic rings. The number of nitrogens with one attached hydrogen (secondary N) is 1. The van der Waals surface area contributed by atoms with Crippen LogP contribution < -0.4 is 4.74 Å². The third-order valence-electron chi connectivity index (χ3n) is 3.72. The lowest BCUT2D eigenvalue weighted by molar-refractivity contribution is -0.384. The zero-order valence-electron chi connectivity index (χ0n) is 13.2. The molecule has 26 heavy (non-hydrogen) atoms. The number of nitro benzene ring substituents is 1. The fraction of sp³-hybridized carbons (Fsp3) is 0. The summed E-state index contributed by atoms with van der Waals surface area (Å²) in [6.45, 7) is 0. The van der Waals surface area contributed by atoms with Crippen LogP contribution >= 0.6 is 0 Å². The molecule has 2 aromatic heterocycles. The van der Waals surface area contributed by atoms with Crippen molar-refractivity contribution in [2.45, 2.75) is 0 Å². The van der Waals surface area contributed by atoms with Crippen LogP contribution in [-0.4, -0.2) is 19.9 Å². The van der Waals surface area contributed by atoms with Gasteiger partial charge < -0.3 is 9.72 Å². The number of hydrogen-bond acceptors (Lipinski definition) is 5. The Bertz CT molecular complexity index is 1110. The van der Waals surface area contributed by atoms with E-state index in [1.165, 1.54) is 36.5 Å². The number of hydrogen-bond donors (Lipinski definition) is 1. The van der Waals surface area contributed by atoms with Gasteiger partial charge in [0.05, 0.1) is 22.2 Å². The monoisotopic (exact) mass is 350 g/mol. The molecule has 0 fully saturated rings. The standard InChI is InChI=1S/C18H11FN4O3/c19-15-4-2-1-3-14(15)17-21-16-9-13(10-20-18(16)22-17)26-12-7-5-11(6-8-12)23(24)25/h1-10H,(H,20,21,22). The van der Waals surface area contributed by atoms with Crippen molar-refractivity contribution >= 4 is 16.9 Å². The van der Waals surface area contributed by atoms with Crippen molar-refractivity contribution in [1.29, 1.82) is 0 Å². The minimum absolute atomic E-state index is 0.0194. The first kappa shape index (κ1) is 15.7. The number of imidazole rings is 1. The van der Waals surface area contributed by atoms with E-state index in [1.54, 1.807) is 24.3 Å². The Labute approximate surface area is 146 Å². The quantitative estimate of drug-likeness (QED) is 0.433. The molecule has 128 valence electrons. The van der Waals surface area contributed by atoms with Crippen LogP contribution in [0, 0.1) is 15.9 Å². The minimum atomic E-state index is -0.480. The second kappa shape index (κ2) is 6.25. The summed E-state index contributed by atoms with van der Waals surface area (Å²) in [6, 6.07) is 13.7. The van der Waals surface area contributed by atoms with Gasteiger partial charge in [0.25, 0.3) is 5.69 Å². The van der Waals surface area contributed by atoms with E-state index < -0.39 is 4.92 Å². The number of non-ortho nitro benzene ring substituents is 1. The van der Waals surface area contributed by atoms with E-state index >= 15 is 0 Å². The van der Waals surface area contributed by atoms with E-state index in [2.05, 4.69) is 15.0 Å². The van der Waals surface area contributed by atoms with Crippen LogP contribution in [0.25, 0.3) is 22.6 Å². The number of pyridine rings is 1. The van der Waals surface area contributed by atoms with Gasteiger partial charge in [0.15, 0.2) is 5.65 Å². The summed E-state index contributed by atoms with van der Waals surface area (Å²) in [5.41, 5.74) is 1.35. The second-order valence-corrected chi connectivity index (χ2v) is 5.46. The maximum absolute atomic E-state index is 13.9. The number of ether oxygens (including phenoxy) is 1. The first-order valence-electron chi connectivity index (χ1n) is 7.63. The van der Waals surface area contributed by atoms with Crippen molar-refractivity contribution in [3.63, 3.8) is 0 Å². The molecule has 0 bridgehead atoms. The van der Waals surface area contributed by atoms with Gasteiger partial charge in [-0.05, 0) is 24.3 Å². The molecule has 0 atom stereocenters. The van der Waals surface area contributed by atoms with Crippen LogP contribution in [0.5, 0.6) is 11.5 Å². The highest BCUT2D eigenvalue weighted by atomic mass is 19.1. The maximum Gasteiger partial charge on any atom is 0.269 e. The highest BCUT2D eigenvalue weighted by Crippen LogP contribution is 2.27. The first-order chi connectivity index (χ1) is 12.6. The summed E-state index contributed by atoms with van der Waals surface area (Å²) in [5, 5.41) is 10.7. The molecule has 7 nitrogen and oxygen atoms in total. The van der Waals surface area contributed by atoms with E-state index in [1.807, 2.05) is 0 Å². The largest absolute Gasteiger partial charge is 0.456 e. The highest BCUT2D eigenvalue weighted by Gasteiger charge is 2.11. The fourth-order valence-electron chi connectivity index (χ4n) is 2.49. The number of fused-ring (bicyclic) bond motifs is 1. The number of aromatic nitrogens is 3. The average molecular weight is 350 g/mol. The topological polar surface area (TPSA) is 93.9 Å². The predicted octanol–water partition coefficient (Wildman–Crippen LogP) is 4.46. The summed E-state index contributed by atoms with van der Waals surface area (Å²) in [7, 11) is 0. The number of nitro groups is 1. The normalized spacial score (nSPS) is 10.8. The van der Waals surface area contributed by atoms with Crippen LogP contribution in [-0.2, 0) is 0 Å². The first-order valence-corrected chi connectivity index (χ1v) is 7.63. The van der Waals surface area contributed by atoms with E-state index in [-0.39, 0.29) is 11.5 Å². The highest BCUT2D eigenvalue weighted by molar-refractivity contribution is 5.77. The molecule has 0 aliphatic heterocycles. The molecule has 2 heterocycles. The number of halogens is 1. The molecule has 0 amide bonds. The molecule has 4 aromatic rings. The lowest BCUT2D eigenvalue weighted by atomic mass is 10.2. The summed E-state index contributed by atoms with van der Waals surface area (Å²) >= 11 is 0. The number of H-pyrrole nitrogens is 1. The van der Waals surface area contributed by atoms with Gasteiger partial charge in [0.1, 0.15) is 23.1 Å². The van der Waals surface area contributed by atoms with Crippen LogP contribution in [0.1, 0.15) is 0 Å². The summed E-state index contributed by atoms with van der Waals surface area (Å²) in [4.78, 5) is 21.7. The second-order valence-electron chi connectivity index (χ2n) is 5.46.